The van der Waals surface area contributed by atoms with Gasteiger partial charge in [-0.1, -0.05) is 12.1 Å². The molecule has 4 N–H and O–H groups in total. The molecule has 1 unspecified atom stereocenters. The fraction of sp³-hybridized carbons (Fsp3) is 0.500. The number of nitrogens with one attached hydrogen (secondary N) is 2. The van der Waals surface area contributed by atoms with E-state index in [0.29, 0.717) is 13.1 Å². The predicted molar refractivity (Wildman–Crippen MR) is 95.8 cm³/mol. The van der Waals surface area contributed by atoms with Crippen LogP contribution < -0.4 is 16.4 Å². The van der Waals surface area contributed by atoms with Crippen LogP contribution in [0.4, 0.5) is 10.5 Å². The molecule has 130 valence electrons. The second-order valence-electron chi connectivity index (χ2n) is 5.24. The molecule has 1 rings (SSSR count). The van der Waals surface area contributed by atoms with Gasteiger partial charge in [-0.15, -0.1) is 12.4 Å². The van der Waals surface area contributed by atoms with Gasteiger partial charge in [-0.25, -0.2) is 4.79 Å². The van der Waals surface area contributed by atoms with Gasteiger partial charge in [0.05, 0.1) is 12.1 Å². The van der Waals surface area contributed by atoms with Gasteiger partial charge in [0.1, 0.15) is 0 Å². The van der Waals surface area contributed by atoms with Crippen molar-refractivity contribution < 1.29 is 9.59 Å². The average Bonchev–Trinajstić information content (AvgIpc) is 2.48. The molecule has 0 fully saturated rings. The number of hydrogen-bond acceptors (Lipinski definition) is 3. The minimum Gasteiger partial charge on any atom is -0.348 e. The largest absolute Gasteiger partial charge is 0.348 e. The third-order valence-electron chi connectivity index (χ3n) is 3.48. The highest BCUT2D eigenvalue weighted by atomic mass is 35.5. The molecule has 3 amide bonds. The average molecular weight is 343 g/mol. The van der Waals surface area contributed by atoms with Gasteiger partial charge in [-0.2, -0.15) is 0 Å². The van der Waals surface area contributed by atoms with Gasteiger partial charge < -0.3 is 21.3 Å². The van der Waals surface area contributed by atoms with Gasteiger partial charge in [0, 0.05) is 18.8 Å². The van der Waals surface area contributed by atoms with Crippen molar-refractivity contribution >= 4 is 30.0 Å². The Hall–Kier alpha value is -1.79. The predicted octanol–water partition coefficient (Wildman–Crippen LogP) is 2.51. The van der Waals surface area contributed by atoms with Crippen molar-refractivity contribution in [2.75, 3.05) is 18.4 Å². The van der Waals surface area contributed by atoms with E-state index in [1.807, 2.05) is 45.0 Å². The smallest absolute Gasteiger partial charge is 0.321 e. The van der Waals surface area contributed by atoms with E-state index < -0.39 is 6.04 Å². The van der Waals surface area contributed by atoms with Crippen molar-refractivity contribution in [2.24, 2.45) is 5.73 Å². The normalized spacial score (nSPS) is 12.6. The standard InChI is InChI=1S/C16H26N4O2.ClH/c1-5-20(6-2)16(22)19-14-9-7-13(8-10-14)12(4)18-15(21)11(3)17;/h7-12H,5-6,17H2,1-4H3,(H,18,21)(H,19,22);1H/t11-,12?;/m1./s1. The molecule has 0 aliphatic rings. The van der Waals surface area contributed by atoms with E-state index in [-0.39, 0.29) is 30.4 Å². The Morgan fingerprint density at radius 2 is 1.65 bits per heavy atom. The fourth-order valence-corrected chi connectivity index (χ4v) is 2.00. The summed E-state index contributed by atoms with van der Waals surface area (Å²) in [6.45, 7) is 8.75. The molecule has 7 heteroatoms. The zero-order chi connectivity index (χ0) is 16.7. The second-order valence-corrected chi connectivity index (χ2v) is 5.24. The Balaban J connectivity index is 0.00000484. The molecule has 0 saturated carbocycles. The Kier molecular flexibility index (Phi) is 9.29. The summed E-state index contributed by atoms with van der Waals surface area (Å²) >= 11 is 0. The summed E-state index contributed by atoms with van der Waals surface area (Å²) in [4.78, 5) is 25.2. The molecule has 0 heterocycles. The van der Waals surface area contributed by atoms with Crippen molar-refractivity contribution in [3.8, 4) is 0 Å². The summed E-state index contributed by atoms with van der Waals surface area (Å²) in [7, 11) is 0. The first-order chi connectivity index (χ1) is 10.4. The summed E-state index contributed by atoms with van der Waals surface area (Å²) < 4.78 is 0. The van der Waals surface area contributed by atoms with Crippen LogP contribution in [0.2, 0.25) is 0 Å². The number of nitrogens with zero attached hydrogens (tertiary/aromatic N) is 1. The van der Waals surface area contributed by atoms with Crippen LogP contribution in [-0.4, -0.2) is 36.0 Å². The number of carbonyl (C=O) groups is 2. The highest BCUT2D eigenvalue weighted by Gasteiger charge is 2.13. The number of anilines is 1. The monoisotopic (exact) mass is 342 g/mol. The van der Waals surface area contributed by atoms with E-state index in [4.69, 9.17) is 5.73 Å². The second kappa shape index (κ2) is 10.1. The summed E-state index contributed by atoms with van der Waals surface area (Å²) in [5.41, 5.74) is 7.21. The summed E-state index contributed by atoms with van der Waals surface area (Å²) in [5, 5.41) is 5.68. The number of hydrogen-bond donors (Lipinski definition) is 3. The topological polar surface area (TPSA) is 87.5 Å². The van der Waals surface area contributed by atoms with Crippen LogP contribution in [0.5, 0.6) is 0 Å². The van der Waals surface area contributed by atoms with Crippen molar-refractivity contribution in [3.05, 3.63) is 29.8 Å². The first-order valence-electron chi connectivity index (χ1n) is 7.60. The van der Waals surface area contributed by atoms with E-state index in [9.17, 15) is 9.59 Å². The van der Waals surface area contributed by atoms with Crippen molar-refractivity contribution in [3.63, 3.8) is 0 Å². The maximum absolute atomic E-state index is 12.0. The van der Waals surface area contributed by atoms with Gasteiger partial charge in [0.15, 0.2) is 0 Å². The van der Waals surface area contributed by atoms with Gasteiger partial charge in [-0.3, -0.25) is 4.79 Å². The van der Waals surface area contributed by atoms with E-state index >= 15 is 0 Å². The molecular formula is C16H27ClN4O2. The molecule has 0 bridgehead atoms. The lowest BCUT2D eigenvalue weighted by Crippen LogP contribution is -2.39. The third kappa shape index (κ3) is 6.46. The molecule has 0 radical (unpaired) electrons. The van der Waals surface area contributed by atoms with E-state index in [1.165, 1.54) is 0 Å². The summed E-state index contributed by atoms with van der Waals surface area (Å²) in [6.07, 6.45) is 0. The maximum atomic E-state index is 12.0. The molecule has 0 aliphatic carbocycles. The molecule has 2 atom stereocenters. The Labute approximate surface area is 144 Å². The third-order valence-corrected chi connectivity index (χ3v) is 3.48. The number of amides is 3. The highest BCUT2D eigenvalue weighted by molar-refractivity contribution is 5.89. The summed E-state index contributed by atoms with van der Waals surface area (Å²) in [5.74, 6) is -0.189. The van der Waals surface area contributed by atoms with Gasteiger partial charge in [0.2, 0.25) is 5.91 Å². The molecule has 23 heavy (non-hydrogen) atoms. The van der Waals surface area contributed by atoms with Crippen LogP contribution in [0.15, 0.2) is 24.3 Å². The van der Waals surface area contributed by atoms with Gasteiger partial charge >= 0.3 is 6.03 Å². The van der Waals surface area contributed by atoms with Gasteiger partial charge in [-0.05, 0) is 45.4 Å². The van der Waals surface area contributed by atoms with Crippen LogP contribution in [-0.2, 0) is 4.79 Å². The number of benzene rings is 1. The Bertz CT molecular complexity index is 501. The van der Waals surface area contributed by atoms with Crippen molar-refractivity contribution in [1.29, 1.82) is 0 Å². The number of rotatable bonds is 6. The number of nitrogens with two attached hydrogens (primary N) is 1. The summed E-state index contributed by atoms with van der Waals surface area (Å²) in [6, 6.07) is 6.63. The lowest BCUT2D eigenvalue weighted by Gasteiger charge is -2.20. The molecule has 0 spiro atoms. The molecular weight excluding hydrogens is 316 g/mol. The minimum absolute atomic E-state index is 0. The fourth-order valence-electron chi connectivity index (χ4n) is 2.00. The molecule has 6 nitrogen and oxygen atoms in total. The van der Waals surface area contributed by atoms with E-state index in [2.05, 4.69) is 10.6 Å². The maximum Gasteiger partial charge on any atom is 0.321 e. The van der Waals surface area contributed by atoms with Crippen LogP contribution in [0.3, 0.4) is 0 Å². The SMILES string of the molecule is CCN(CC)C(=O)Nc1ccc(C(C)NC(=O)[C@@H](C)N)cc1.Cl. The lowest BCUT2D eigenvalue weighted by atomic mass is 10.1. The van der Waals surface area contributed by atoms with Crippen molar-refractivity contribution in [2.45, 2.75) is 39.8 Å². The Morgan fingerprint density at radius 1 is 1.13 bits per heavy atom. The van der Waals surface area contributed by atoms with Crippen molar-refractivity contribution in [1.82, 2.24) is 10.2 Å². The van der Waals surface area contributed by atoms with Crippen LogP contribution in [0.1, 0.15) is 39.3 Å². The lowest BCUT2D eigenvalue weighted by molar-refractivity contribution is -0.122. The zero-order valence-electron chi connectivity index (χ0n) is 14.1. The number of carbonyl (C=O) groups excluding carboxylic acids is 2. The molecule has 0 saturated heterocycles. The molecule has 0 aliphatic heterocycles. The number of urea groups is 1. The first-order valence-corrected chi connectivity index (χ1v) is 7.60. The number of halogens is 1. The minimum atomic E-state index is -0.532. The van der Waals surface area contributed by atoms with Crippen LogP contribution >= 0.6 is 12.4 Å². The van der Waals surface area contributed by atoms with Crippen LogP contribution in [0.25, 0.3) is 0 Å². The van der Waals surface area contributed by atoms with Gasteiger partial charge in [0.25, 0.3) is 0 Å². The quantitative estimate of drug-likeness (QED) is 0.742. The first kappa shape index (κ1) is 21.2. The molecule has 0 aromatic heterocycles. The Morgan fingerprint density at radius 3 is 2.09 bits per heavy atom. The highest BCUT2D eigenvalue weighted by Crippen LogP contribution is 2.16. The van der Waals surface area contributed by atoms with E-state index in [0.717, 1.165) is 11.3 Å². The van der Waals surface area contributed by atoms with Crippen LogP contribution in [0, 0.1) is 0 Å². The van der Waals surface area contributed by atoms with E-state index in [1.54, 1.807) is 11.8 Å². The molecule has 1 aromatic carbocycles. The molecule has 1 aromatic rings. The zero-order valence-corrected chi connectivity index (χ0v) is 14.9.